The fourth-order valence-corrected chi connectivity index (χ4v) is 2.41. The molecule has 1 aromatic rings. The first-order valence-electron chi connectivity index (χ1n) is 5.86. The van der Waals surface area contributed by atoms with Crippen LogP contribution in [0, 0.1) is 5.92 Å². The molecule has 0 radical (unpaired) electrons. The number of aromatic hydroxyl groups is 1. The minimum atomic E-state index is 0.208. The fraction of sp³-hybridized carbons (Fsp3) is 0.462. The summed E-state index contributed by atoms with van der Waals surface area (Å²) >= 11 is 4.23. The Morgan fingerprint density at radius 2 is 2.18 bits per heavy atom. The topological polar surface area (TPSA) is 40.5 Å². The average molecular weight is 251 g/mol. The van der Waals surface area contributed by atoms with Gasteiger partial charge in [0.2, 0.25) is 5.91 Å². The van der Waals surface area contributed by atoms with Gasteiger partial charge in [-0.05, 0) is 29.7 Å². The van der Waals surface area contributed by atoms with Gasteiger partial charge in [0.15, 0.2) is 0 Å². The van der Waals surface area contributed by atoms with Crippen LogP contribution in [0.15, 0.2) is 24.3 Å². The number of carbonyl (C=O) groups is 1. The number of nitrogens with zero attached hydrogens (tertiary/aromatic N) is 1. The number of amides is 1. The number of hydrogen-bond donors (Lipinski definition) is 2. The number of para-hydroxylation sites is 1. The lowest BCUT2D eigenvalue weighted by molar-refractivity contribution is -0.127. The van der Waals surface area contributed by atoms with Crippen molar-refractivity contribution in [3.63, 3.8) is 0 Å². The molecule has 0 saturated carbocycles. The SMILES string of the molecule is O=C1CC(CS)CN1CCc1ccccc1O. The number of carbonyl (C=O) groups excluding carboxylic acids is 1. The van der Waals surface area contributed by atoms with Crippen LogP contribution in [0.5, 0.6) is 5.75 Å². The molecule has 4 heteroatoms. The number of phenols is 1. The quantitative estimate of drug-likeness (QED) is 0.800. The molecule has 2 rings (SSSR count). The van der Waals surface area contributed by atoms with Gasteiger partial charge < -0.3 is 10.0 Å². The van der Waals surface area contributed by atoms with Gasteiger partial charge in [0, 0.05) is 19.5 Å². The Balaban J connectivity index is 1.91. The number of thiol groups is 1. The maximum atomic E-state index is 11.7. The predicted molar refractivity (Wildman–Crippen MR) is 70.4 cm³/mol. The summed E-state index contributed by atoms with van der Waals surface area (Å²) in [6.45, 7) is 1.48. The molecule has 1 unspecified atom stereocenters. The van der Waals surface area contributed by atoms with E-state index in [-0.39, 0.29) is 5.91 Å². The molecule has 1 atom stereocenters. The van der Waals surface area contributed by atoms with Gasteiger partial charge in [-0.3, -0.25) is 4.79 Å². The smallest absolute Gasteiger partial charge is 0.222 e. The molecule has 1 aromatic carbocycles. The van der Waals surface area contributed by atoms with Crippen LogP contribution < -0.4 is 0 Å². The van der Waals surface area contributed by atoms with Crippen LogP contribution in [0.25, 0.3) is 0 Å². The van der Waals surface area contributed by atoms with Gasteiger partial charge in [-0.2, -0.15) is 12.6 Å². The van der Waals surface area contributed by atoms with E-state index in [1.807, 2.05) is 17.0 Å². The molecule has 17 heavy (non-hydrogen) atoms. The van der Waals surface area contributed by atoms with E-state index in [0.717, 1.165) is 17.9 Å². The van der Waals surface area contributed by atoms with Crippen molar-refractivity contribution in [2.45, 2.75) is 12.8 Å². The predicted octanol–water partition coefficient (Wildman–Crippen LogP) is 1.71. The molecule has 1 saturated heterocycles. The van der Waals surface area contributed by atoms with E-state index >= 15 is 0 Å². The summed E-state index contributed by atoms with van der Waals surface area (Å²) in [5.41, 5.74) is 0.898. The largest absolute Gasteiger partial charge is 0.508 e. The third-order valence-corrected chi connectivity index (χ3v) is 3.71. The Hall–Kier alpha value is -1.16. The highest BCUT2D eigenvalue weighted by molar-refractivity contribution is 7.80. The average Bonchev–Trinajstić information content (AvgIpc) is 2.69. The van der Waals surface area contributed by atoms with Gasteiger partial charge in [0.05, 0.1) is 0 Å². The molecule has 1 heterocycles. The van der Waals surface area contributed by atoms with Crippen molar-refractivity contribution >= 4 is 18.5 Å². The van der Waals surface area contributed by atoms with E-state index in [1.165, 1.54) is 0 Å². The molecule has 3 nitrogen and oxygen atoms in total. The summed E-state index contributed by atoms with van der Waals surface area (Å²) in [6, 6.07) is 7.28. The van der Waals surface area contributed by atoms with E-state index in [9.17, 15) is 9.90 Å². The zero-order valence-electron chi connectivity index (χ0n) is 9.67. The second-order valence-corrected chi connectivity index (χ2v) is 4.84. The Labute approximate surface area is 107 Å². The van der Waals surface area contributed by atoms with Crippen molar-refractivity contribution in [3.8, 4) is 5.75 Å². The Bertz CT molecular complexity index is 408. The summed E-state index contributed by atoms with van der Waals surface area (Å²) in [5.74, 6) is 1.67. The molecule has 1 N–H and O–H groups in total. The van der Waals surface area contributed by atoms with E-state index in [0.29, 0.717) is 31.1 Å². The van der Waals surface area contributed by atoms with Gasteiger partial charge in [0.25, 0.3) is 0 Å². The van der Waals surface area contributed by atoms with Crippen LogP contribution in [-0.2, 0) is 11.2 Å². The zero-order chi connectivity index (χ0) is 12.3. The first-order valence-corrected chi connectivity index (χ1v) is 6.49. The lowest BCUT2D eigenvalue weighted by atomic mass is 10.1. The van der Waals surface area contributed by atoms with Gasteiger partial charge in [0.1, 0.15) is 5.75 Å². The van der Waals surface area contributed by atoms with Crippen molar-refractivity contribution in [2.75, 3.05) is 18.8 Å². The van der Waals surface area contributed by atoms with E-state index in [1.54, 1.807) is 12.1 Å². The number of hydrogen-bond acceptors (Lipinski definition) is 3. The number of benzene rings is 1. The Morgan fingerprint density at radius 1 is 1.41 bits per heavy atom. The number of phenolic OH excluding ortho intramolecular Hbond substituents is 1. The number of rotatable bonds is 4. The molecular formula is C13H17NO2S. The summed E-state index contributed by atoms with van der Waals surface area (Å²) in [4.78, 5) is 13.5. The van der Waals surface area contributed by atoms with Crippen molar-refractivity contribution in [2.24, 2.45) is 5.92 Å². The first-order chi connectivity index (χ1) is 8.20. The van der Waals surface area contributed by atoms with Gasteiger partial charge >= 0.3 is 0 Å². The van der Waals surface area contributed by atoms with E-state index in [2.05, 4.69) is 12.6 Å². The molecule has 0 spiro atoms. The zero-order valence-corrected chi connectivity index (χ0v) is 10.6. The number of likely N-dealkylation sites (tertiary alicyclic amines) is 1. The Morgan fingerprint density at radius 3 is 2.82 bits per heavy atom. The van der Waals surface area contributed by atoms with Gasteiger partial charge in [-0.15, -0.1) is 0 Å². The van der Waals surface area contributed by atoms with Crippen LogP contribution in [0.4, 0.5) is 0 Å². The maximum absolute atomic E-state index is 11.7. The lowest BCUT2D eigenvalue weighted by Gasteiger charge is -2.16. The third-order valence-electron chi connectivity index (χ3n) is 3.20. The van der Waals surface area contributed by atoms with E-state index in [4.69, 9.17) is 0 Å². The van der Waals surface area contributed by atoms with Gasteiger partial charge in [-0.25, -0.2) is 0 Å². The lowest BCUT2D eigenvalue weighted by Crippen LogP contribution is -2.27. The highest BCUT2D eigenvalue weighted by Gasteiger charge is 2.28. The minimum Gasteiger partial charge on any atom is -0.508 e. The molecule has 1 fully saturated rings. The summed E-state index contributed by atoms with van der Waals surface area (Å²) in [7, 11) is 0. The van der Waals surface area contributed by atoms with Crippen LogP contribution in [0.3, 0.4) is 0 Å². The first kappa shape index (κ1) is 12.3. The van der Waals surface area contributed by atoms with Crippen LogP contribution >= 0.6 is 12.6 Å². The highest BCUT2D eigenvalue weighted by Crippen LogP contribution is 2.21. The standard InChI is InChI=1S/C13H17NO2S/c15-12-4-2-1-3-11(12)5-6-14-8-10(9-17)7-13(14)16/h1-4,10,15,17H,5-9H2. The summed E-state index contributed by atoms with van der Waals surface area (Å²) < 4.78 is 0. The van der Waals surface area contributed by atoms with Crippen molar-refractivity contribution in [1.29, 1.82) is 0 Å². The monoisotopic (exact) mass is 251 g/mol. The second-order valence-electron chi connectivity index (χ2n) is 4.47. The second kappa shape index (κ2) is 5.45. The fourth-order valence-electron chi connectivity index (χ4n) is 2.17. The van der Waals surface area contributed by atoms with Crippen LogP contribution in [-0.4, -0.2) is 34.8 Å². The van der Waals surface area contributed by atoms with Crippen molar-refractivity contribution in [3.05, 3.63) is 29.8 Å². The molecule has 1 aliphatic rings. The summed E-state index contributed by atoms with van der Waals surface area (Å²) in [6.07, 6.45) is 1.32. The minimum absolute atomic E-state index is 0.208. The maximum Gasteiger partial charge on any atom is 0.222 e. The molecular weight excluding hydrogens is 234 g/mol. The molecule has 92 valence electrons. The molecule has 1 aliphatic heterocycles. The Kier molecular flexibility index (Phi) is 3.94. The molecule has 0 aromatic heterocycles. The molecule has 1 amide bonds. The third kappa shape index (κ3) is 2.94. The van der Waals surface area contributed by atoms with E-state index < -0.39 is 0 Å². The van der Waals surface area contributed by atoms with Gasteiger partial charge in [-0.1, -0.05) is 18.2 Å². The molecule has 0 aliphatic carbocycles. The summed E-state index contributed by atoms with van der Waals surface area (Å²) in [5, 5.41) is 9.63. The van der Waals surface area contributed by atoms with Crippen molar-refractivity contribution in [1.82, 2.24) is 4.90 Å². The van der Waals surface area contributed by atoms with Crippen LogP contribution in [0.2, 0.25) is 0 Å². The van der Waals surface area contributed by atoms with Crippen LogP contribution in [0.1, 0.15) is 12.0 Å². The van der Waals surface area contributed by atoms with Crippen molar-refractivity contribution < 1.29 is 9.90 Å². The normalized spacial score (nSPS) is 19.9. The molecule has 0 bridgehead atoms. The highest BCUT2D eigenvalue weighted by atomic mass is 32.1.